The number of ether oxygens (including phenoxy) is 3. The van der Waals surface area contributed by atoms with E-state index >= 15 is 0 Å². The minimum atomic E-state index is -0.544. The molecule has 27 heavy (non-hydrogen) atoms. The van der Waals surface area contributed by atoms with Gasteiger partial charge in [-0.05, 0) is 29.3 Å². The fraction of sp³-hybridized carbons (Fsp3) is 0.190. The van der Waals surface area contributed by atoms with Crippen molar-refractivity contribution in [1.82, 2.24) is 0 Å². The summed E-state index contributed by atoms with van der Waals surface area (Å²) in [6.45, 7) is 5.20. The Morgan fingerprint density at radius 3 is 1.89 bits per heavy atom. The van der Waals surface area contributed by atoms with E-state index in [0.717, 1.165) is 11.1 Å². The molecule has 0 saturated heterocycles. The Balaban J connectivity index is 1.92. The fourth-order valence-electron chi connectivity index (χ4n) is 2.14. The maximum absolute atomic E-state index is 12.2. The van der Waals surface area contributed by atoms with Gasteiger partial charge < -0.3 is 14.2 Å². The molecule has 0 aliphatic heterocycles. The van der Waals surface area contributed by atoms with Crippen molar-refractivity contribution in [2.75, 3.05) is 6.61 Å². The predicted octanol–water partition coefficient (Wildman–Crippen LogP) is 3.45. The highest BCUT2D eigenvalue weighted by Crippen LogP contribution is 2.11. The third-order valence-corrected chi connectivity index (χ3v) is 3.50. The van der Waals surface area contributed by atoms with Gasteiger partial charge in [0.15, 0.2) is 0 Å². The van der Waals surface area contributed by atoms with Crippen LogP contribution >= 0.6 is 0 Å². The van der Waals surface area contributed by atoms with E-state index in [1.807, 2.05) is 0 Å². The van der Waals surface area contributed by atoms with Crippen LogP contribution in [0.3, 0.4) is 0 Å². The van der Waals surface area contributed by atoms with E-state index in [-0.39, 0.29) is 36.9 Å². The lowest BCUT2D eigenvalue weighted by atomic mass is 10.1. The molecule has 0 N–H and O–H groups in total. The topological polar surface area (TPSA) is 78.9 Å². The Kier molecular flexibility index (Phi) is 7.31. The largest absolute Gasteiger partial charge is 0.461 e. The first-order chi connectivity index (χ1) is 13.0. The second-order valence-electron chi connectivity index (χ2n) is 5.64. The molecule has 140 valence electrons. The van der Waals surface area contributed by atoms with Crippen LogP contribution in [0, 0.1) is 0 Å². The molecule has 2 rings (SSSR count). The van der Waals surface area contributed by atoms with Crippen LogP contribution in [0.1, 0.15) is 38.8 Å². The van der Waals surface area contributed by atoms with Crippen LogP contribution in [0.15, 0.2) is 61.2 Å². The molecule has 0 saturated carbocycles. The van der Waals surface area contributed by atoms with E-state index in [9.17, 15) is 14.4 Å². The number of carbonyl (C=O) groups excluding carboxylic acids is 3. The molecule has 0 atom stereocenters. The summed E-state index contributed by atoms with van der Waals surface area (Å²) in [6.07, 6.45) is 1.47. The first-order valence-electron chi connectivity index (χ1n) is 8.26. The van der Waals surface area contributed by atoms with Gasteiger partial charge >= 0.3 is 17.9 Å². The molecule has 0 radical (unpaired) electrons. The van der Waals surface area contributed by atoms with Crippen LogP contribution in [0.4, 0.5) is 0 Å². The lowest BCUT2D eigenvalue weighted by Crippen LogP contribution is -2.09. The first kappa shape index (κ1) is 19.9. The highest BCUT2D eigenvalue weighted by Gasteiger charge is 2.12. The second-order valence-corrected chi connectivity index (χ2v) is 5.64. The average Bonchev–Trinajstić information content (AvgIpc) is 2.69. The summed E-state index contributed by atoms with van der Waals surface area (Å²) in [7, 11) is 0. The van der Waals surface area contributed by atoms with Crippen molar-refractivity contribution in [2.24, 2.45) is 0 Å². The minimum absolute atomic E-state index is 0.0812. The molecular weight excluding hydrogens is 348 g/mol. The van der Waals surface area contributed by atoms with E-state index in [2.05, 4.69) is 6.58 Å². The average molecular weight is 368 g/mol. The van der Waals surface area contributed by atoms with Crippen LogP contribution in [0.25, 0.3) is 0 Å². The molecule has 0 spiro atoms. The molecule has 0 aliphatic carbocycles. The summed E-state index contributed by atoms with van der Waals surface area (Å²) in [4.78, 5) is 34.8. The van der Waals surface area contributed by atoms with Crippen molar-refractivity contribution in [3.8, 4) is 0 Å². The summed E-state index contributed by atoms with van der Waals surface area (Å²) in [5.74, 6) is -1.42. The Hall–Kier alpha value is -3.41. The molecule has 0 fully saturated rings. The van der Waals surface area contributed by atoms with Gasteiger partial charge in [0.05, 0.1) is 11.1 Å². The Morgan fingerprint density at radius 2 is 1.37 bits per heavy atom. The number of benzene rings is 2. The normalized spacial score (nSPS) is 9.96. The maximum Gasteiger partial charge on any atom is 0.338 e. The van der Waals surface area contributed by atoms with Crippen molar-refractivity contribution in [1.29, 1.82) is 0 Å². The number of hydrogen-bond donors (Lipinski definition) is 0. The SMILES string of the molecule is C=CCOC(=O)c1cccc(C(=O)OCc2ccc(COC(C)=O)cc2)c1. The van der Waals surface area contributed by atoms with Crippen LogP contribution in [0.5, 0.6) is 0 Å². The molecule has 6 nitrogen and oxygen atoms in total. The van der Waals surface area contributed by atoms with Gasteiger partial charge in [0.1, 0.15) is 19.8 Å². The van der Waals surface area contributed by atoms with Gasteiger partial charge in [0, 0.05) is 6.92 Å². The summed E-state index contributed by atoms with van der Waals surface area (Å²) in [6, 6.07) is 13.3. The molecule has 0 bridgehead atoms. The Morgan fingerprint density at radius 1 is 0.852 bits per heavy atom. The zero-order chi connectivity index (χ0) is 19.6. The minimum Gasteiger partial charge on any atom is -0.461 e. The van der Waals surface area contributed by atoms with Crippen molar-refractivity contribution in [3.05, 3.63) is 83.4 Å². The summed E-state index contributed by atoms with van der Waals surface area (Å²) >= 11 is 0. The molecule has 6 heteroatoms. The molecular formula is C21H20O6. The van der Waals surface area contributed by atoms with Crippen LogP contribution in [-0.4, -0.2) is 24.5 Å². The zero-order valence-electron chi connectivity index (χ0n) is 15.0. The second kappa shape index (κ2) is 9.91. The Labute approximate surface area is 157 Å². The number of carbonyl (C=O) groups is 3. The first-order valence-corrected chi connectivity index (χ1v) is 8.26. The van der Waals surface area contributed by atoms with Crippen LogP contribution in [0.2, 0.25) is 0 Å². The maximum atomic E-state index is 12.2. The molecule has 2 aromatic carbocycles. The fourth-order valence-corrected chi connectivity index (χ4v) is 2.14. The molecule has 0 aromatic heterocycles. The van der Waals surface area contributed by atoms with Gasteiger partial charge in [-0.15, -0.1) is 0 Å². The van der Waals surface area contributed by atoms with E-state index in [1.54, 1.807) is 42.5 Å². The molecule has 0 aliphatic rings. The van der Waals surface area contributed by atoms with E-state index < -0.39 is 11.9 Å². The van der Waals surface area contributed by atoms with E-state index in [0.29, 0.717) is 0 Å². The van der Waals surface area contributed by atoms with Crippen molar-refractivity contribution < 1.29 is 28.6 Å². The lowest BCUT2D eigenvalue weighted by molar-refractivity contribution is -0.142. The number of hydrogen-bond acceptors (Lipinski definition) is 6. The van der Waals surface area contributed by atoms with Crippen molar-refractivity contribution >= 4 is 17.9 Å². The van der Waals surface area contributed by atoms with Crippen LogP contribution < -0.4 is 0 Å². The monoisotopic (exact) mass is 368 g/mol. The molecule has 0 unspecified atom stereocenters. The van der Waals surface area contributed by atoms with Crippen LogP contribution in [-0.2, 0) is 32.2 Å². The van der Waals surface area contributed by atoms with Gasteiger partial charge in [-0.25, -0.2) is 9.59 Å². The zero-order valence-corrected chi connectivity index (χ0v) is 15.0. The molecule has 0 heterocycles. The third kappa shape index (κ3) is 6.43. The molecule has 0 amide bonds. The summed E-state index contributed by atoms with van der Waals surface area (Å²) < 4.78 is 15.1. The molecule has 2 aromatic rings. The van der Waals surface area contributed by atoms with Crippen molar-refractivity contribution in [2.45, 2.75) is 20.1 Å². The van der Waals surface area contributed by atoms with Gasteiger partial charge in [-0.3, -0.25) is 4.79 Å². The number of esters is 3. The highest BCUT2D eigenvalue weighted by atomic mass is 16.5. The summed E-state index contributed by atoms with van der Waals surface area (Å²) in [5, 5.41) is 0. The predicted molar refractivity (Wildman–Crippen MR) is 98.0 cm³/mol. The lowest BCUT2D eigenvalue weighted by Gasteiger charge is -2.08. The van der Waals surface area contributed by atoms with E-state index in [4.69, 9.17) is 14.2 Å². The van der Waals surface area contributed by atoms with Gasteiger partial charge in [0.25, 0.3) is 0 Å². The smallest absolute Gasteiger partial charge is 0.338 e. The third-order valence-electron chi connectivity index (χ3n) is 3.50. The van der Waals surface area contributed by atoms with Gasteiger partial charge in [-0.1, -0.05) is 43.0 Å². The summed E-state index contributed by atoms with van der Waals surface area (Å²) in [5.41, 5.74) is 2.15. The van der Waals surface area contributed by atoms with E-state index in [1.165, 1.54) is 19.1 Å². The number of rotatable bonds is 8. The quantitative estimate of drug-likeness (QED) is 0.403. The Bertz CT molecular complexity index is 823. The highest BCUT2D eigenvalue weighted by molar-refractivity contribution is 5.95. The standard InChI is InChI=1S/C21H20O6/c1-3-11-25-20(23)18-5-4-6-19(12-18)21(24)27-14-17-9-7-16(8-10-17)13-26-15(2)22/h3-10,12H,1,11,13-14H2,2H3. The van der Waals surface area contributed by atoms with Crippen molar-refractivity contribution in [3.63, 3.8) is 0 Å². The van der Waals surface area contributed by atoms with Gasteiger partial charge in [-0.2, -0.15) is 0 Å². The van der Waals surface area contributed by atoms with Gasteiger partial charge in [0.2, 0.25) is 0 Å².